The van der Waals surface area contributed by atoms with Crippen molar-refractivity contribution in [2.45, 2.75) is 0 Å². The van der Waals surface area contributed by atoms with Gasteiger partial charge in [0.15, 0.2) is 11.5 Å². The minimum absolute atomic E-state index is 0.000324. The minimum atomic E-state index is -4.05. The molecule has 0 aliphatic carbocycles. The molecule has 14 heavy (non-hydrogen) atoms. The Morgan fingerprint density at radius 3 is 2.71 bits per heavy atom. The van der Waals surface area contributed by atoms with Crippen LogP contribution in [-0.2, 0) is 10.4 Å². The second-order valence-corrected chi connectivity index (χ2v) is 3.67. The summed E-state index contributed by atoms with van der Waals surface area (Å²) in [6.45, 7) is 0. The van der Waals surface area contributed by atoms with E-state index in [9.17, 15) is 13.5 Å². The van der Waals surface area contributed by atoms with Gasteiger partial charge in [0, 0.05) is 0 Å². The summed E-state index contributed by atoms with van der Waals surface area (Å²) < 4.78 is 35.4. The molecule has 0 amide bonds. The van der Waals surface area contributed by atoms with Crippen LogP contribution in [0.3, 0.4) is 0 Å². The summed E-state index contributed by atoms with van der Waals surface area (Å²) in [6.07, 6.45) is 0. The maximum absolute atomic E-state index is 10.9. The van der Waals surface area contributed by atoms with E-state index in [-0.39, 0.29) is 23.0 Å². The Labute approximate surface area is 80.0 Å². The van der Waals surface area contributed by atoms with Crippen molar-refractivity contribution in [3.63, 3.8) is 0 Å². The molecule has 0 fully saturated rings. The molecule has 0 aromatic heterocycles. The predicted octanol–water partition coefficient (Wildman–Crippen LogP) is 0.417. The van der Waals surface area contributed by atoms with Crippen LogP contribution in [0.15, 0.2) is 12.1 Å². The summed E-state index contributed by atoms with van der Waals surface area (Å²) in [4.78, 5) is 0. The fourth-order valence-corrected chi connectivity index (χ4v) is 1.85. The van der Waals surface area contributed by atoms with E-state index < -0.39 is 10.4 Å². The Hall–Kier alpha value is -1.63. The topological polar surface area (TPSA) is 82.1 Å². The van der Waals surface area contributed by atoms with E-state index in [4.69, 9.17) is 4.74 Å². The third-order valence-corrected chi connectivity index (χ3v) is 2.39. The van der Waals surface area contributed by atoms with E-state index in [1.54, 1.807) is 0 Å². The van der Waals surface area contributed by atoms with Gasteiger partial charge in [0.1, 0.15) is 0 Å². The van der Waals surface area contributed by atoms with Crippen molar-refractivity contribution < 1.29 is 26.6 Å². The molecule has 1 aromatic rings. The Balaban J connectivity index is 2.63. The molecule has 6 nitrogen and oxygen atoms in total. The lowest BCUT2D eigenvalue weighted by Crippen LogP contribution is -2.08. The summed E-state index contributed by atoms with van der Waals surface area (Å²) in [7, 11) is -2.76. The zero-order valence-electron chi connectivity index (χ0n) is 7.05. The molecule has 1 aliphatic rings. The lowest BCUT2D eigenvalue weighted by atomic mass is 10.3. The Morgan fingerprint density at radius 2 is 2.07 bits per heavy atom. The van der Waals surface area contributed by atoms with E-state index in [1.807, 2.05) is 0 Å². The summed E-state index contributed by atoms with van der Waals surface area (Å²) >= 11 is 0. The van der Waals surface area contributed by atoms with Crippen molar-refractivity contribution in [1.29, 1.82) is 0 Å². The number of ether oxygens (including phenoxy) is 1. The van der Waals surface area contributed by atoms with E-state index in [2.05, 4.69) is 8.37 Å². The fourth-order valence-electron chi connectivity index (χ4n) is 1.11. The molecule has 0 saturated carbocycles. The van der Waals surface area contributed by atoms with Gasteiger partial charge in [-0.15, -0.1) is 8.42 Å². The number of rotatable bonds is 1. The Kier molecular flexibility index (Phi) is 1.71. The lowest BCUT2D eigenvalue weighted by molar-refractivity contribution is 0.359. The van der Waals surface area contributed by atoms with Crippen LogP contribution in [0.4, 0.5) is 0 Å². The summed E-state index contributed by atoms with van der Waals surface area (Å²) in [5.74, 6) is -0.414. The number of hydrogen-bond donors (Lipinski definition) is 1. The van der Waals surface area contributed by atoms with Gasteiger partial charge in [0.2, 0.25) is 11.5 Å². The average Bonchev–Trinajstić information content (AvgIpc) is 2.39. The molecule has 0 atom stereocenters. The molecule has 0 spiro atoms. The first-order chi connectivity index (χ1) is 6.53. The third-order valence-electron chi connectivity index (χ3n) is 1.64. The molecule has 1 N–H and O–H groups in total. The zero-order chi connectivity index (χ0) is 10.3. The fraction of sp³-hybridized carbons (Fsp3) is 0.143. The van der Waals surface area contributed by atoms with Gasteiger partial charge in [-0.1, -0.05) is 0 Å². The number of benzene rings is 1. The highest BCUT2D eigenvalue weighted by Crippen LogP contribution is 2.47. The predicted molar refractivity (Wildman–Crippen MR) is 44.8 cm³/mol. The normalized spacial score (nSPS) is 16.6. The van der Waals surface area contributed by atoms with Crippen molar-refractivity contribution in [3.05, 3.63) is 12.1 Å². The zero-order valence-corrected chi connectivity index (χ0v) is 7.87. The number of methoxy groups -OCH3 is 1. The third kappa shape index (κ3) is 1.22. The van der Waals surface area contributed by atoms with Gasteiger partial charge in [0.25, 0.3) is 0 Å². The molecule has 0 radical (unpaired) electrons. The molecule has 0 saturated heterocycles. The standard InChI is InChI=1S/C7H6O6S/c1-11-6-4(8)2-3-5-7(6)13-14(9,10)12-5/h2-3,8H,1H3. The van der Waals surface area contributed by atoms with Crippen LogP contribution in [-0.4, -0.2) is 20.6 Å². The van der Waals surface area contributed by atoms with Crippen molar-refractivity contribution >= 4 is 10.4 Å². The molecule has 0 bridgehead atoms. The van der Waals surface area contributed by atoms with Crippen LogP contribution in [0, 0.1) is 0 Å². The van der Waals surface area contributed by atoms with Crippen molar-refractivity contribution in [3.8, 4) is 23.0 Å². The van der Waals surface area contributed by atoms with Gasteiger partial charge in [-0.2, -0.15) is 0 Å². The molecule has 76 valence electrons. The van der Waals surface area contributed by atoms with Crippen LogP contribution < -0.4 is 13.1 Å². The van der Waals surface area contributed by atoms with E-state index in [0.29, 0.717) is 0 Å². The molecule has 7 heteroatoms. The lowest BCUT2D eigenvalue weighted by Gasteiger charge is -2.03. The first-order valence-electron chi connectivity index (χ1n) is 3.57. The van der Waals surface area contributed by atoms with Gasteiger partial charge < -0.3 is 18.2 Å². The van der Waals surface area contributed by atoms with Crippen LogP contribution in [0.5, 0.6) is 23.0 Å². The number of hydrogen-bond acceptors (Lipinski definition) is 6. The molecular weight excluding hydrogens is 212 g/mol. The Bertz CT molecular complexity index is 477. The highest BCUT2D eigenvalue weighted by molar-refractivity contribution is 7.82. The highest BCUT2D eigenvalue weighted by atomic mass is 32.3. The summed E-state index contributed by atoms with van der Waals surface area (Å²) in [5.41, 5.74) is 0. The molecule has 2 rings (SSSR count). The maximum atomic E-state index is 10.9. The van der Waals surface area contributed by atoms with Crippen LogP contribution in [0.2, 0.25) is 0 Å². The SMILES string of the molecule is COc1c(O)ccc2c1OS(=O)(=O)O2. The quantitative estimate of drug-likeness (QED) is 0.735. The molecule has 1 aromatic carbocycles. The number of aromatic hydroxyl groups is 1. The van der Waals surface area contributed by atoms with Gasteiger partial charge in [-0.05, 0) is 12.1 Å². The van der Waals surface area contributed by atoms with Gasteiger partial charge in [-0.3, -0.25) is 0 Å². The molecule has 1 aliphatic heterocycles. The van der Waals surface area contributed by atoms with Gasteiger partial charge >= 0.3 is 10.4 Å². The average molecular weight is 218 g/mol. The number of fused-ring (bicyclic) bond motifs is 1. The van der Waals surface area contributed by atoms with Crippen LogP contribution in [0.1, 0.15) is 0 Å². The highest BCUT2D eigenvalue weighted by Gasteiger charge is 2.33. The monoisotopic (exact) mass is 218 g/mol. The van der Waals surface area contributed by atoms with Crippen molar-refractivity contribution in [2.24, 2.45) is 0 Å². The van der Waals surface area contributed by atoms with E-state index >= 15 is 0 Å². The number of phenols is 1. The van der Waals surface area contributed by atoms with Crippen molar-refractivity contribution in [1.82, 2.24) is 0 Å². The smallest absolute Gasteiger partial charge is 0.501 e. The second-order valence-electron chi connectivity index (χ2n) is 2.52. The molecule has 1 heterocycles. The first kappa shape index (κ1) is 8.95. The first-order valence-corrected chi connectivity index (χ1v) is 4.90. The summed E-state index contributed by atoms with van der Waals surface area (Å²) in [5, 5.41) is 9.29. The van der Waals surface area contributed by atoms with Crippen LogP contribution in [0.25, 0.3) is 0 Å². The Morgan fingerprint density at radius 1 is 1.36 bits per heavy atom. The minimum Gasteiger partial charge on any atom is -0.504 e. The van der Waals surface area contributed by atoms with Crippen LogP contribution >= 0.6 is 0 Å². The van der Waals surface area contributed by atoms with Gasteiger partial charge in [0.05, 0.1) is 7.11 Å². The van der Waals surface area contributed by atoms with E-state index in [0.717, 1.165) is 0 Å². The second kappa shape index (κ2) is 2.68. The molecular formula is C7H6O6S. The van der Waals surface area contributed by atoms with E-state index in [1.165, 1.54) is 19.2 Å². The molecule has 0 unspecified atom stereocenters. The summed E-state index contributed by atoms with van der Waals surface area (Å²) in [6, 6.07) is 2.53. The number of phenolic OH excluding ortho intramolecular Hbond substituents is 1. The van der Waals surface area contributed by atoms with Crippen molar-refractivity contribution in [2.75, 3.05) is 7.11 Å². The largest absolute Gasteiger partial charge is 0.504 e. The van der Waals surface area contributed by atoms with Gasteiger partial charge in [-0.25, -0.2) is 0 Å². The maximum Gasteiger partial charge on any atom is 0.501 e.